The number of nitrogens with zero attached hydrogens (tertiary/aromatic N) is 4. The highest BCUT2D eigenvalue weighted by atomic mass is 16.4. The third-order valence-electron chi connectivity index (χ3n) is 4.66. The van der Waals surface area contributed by atoms with Crippen LogP contribution in [0.15, 0.2) is 18.2 Å². The predicted molar refractivity (Wildman–Crippen MR) is 97.4 cm³/mol. The maximum absolute atomic E-state index is 12.6. The molecule has 0 spiro atoms. The summed E-state index contributed by atoms with van der Waals surface area (Å²) < 4.78 is 0. The molecule has 3 rings (SSSR count). The van der Waals surface area contributed by atoms with E-state index < -0.39 is 18.0 Å². The minimum Gasteiger partial charge on any atom is -0.465 e. The van der Waals surface area contributed by atoms with Crippen molar-refractivity contribution in [1.82, 2.24) is 30.8 Å². The largest absolute Gasteiger partial charge is 0.465 e. The summed E-state index contributed by atoms with van der Waals surface area (Å²) in [6.07, 6.45) is 1.20. The van der Waals surface area contributed by atoms with Gasteiger partial charge in [0, 0.05) is 25.2 Å². The zero-order chi connectivity index (χ0) is 19.2. The zero-order valence-electron chi connectivity index (χ0n) is 15.1. The van der Waals surface area contributed by atoms with Crippen molar-refractivity contribution in [3.8, 4) is 0 Å². The van der Waals surface area contributed by atoms with Gasteiger partial charge >= 0.3 is 6.09 Å². The standard InChI is InChI=1S/C17H23N7O3/c1-24-8-6-11-2-3-13(10-12(11)7-9-24)18-16(25)14(19-17(26)27)4-5-15-20-22-23-21-15/h2-3,10,14,19H,4-9H2,1H3,(H,18,25)(H,26,27)(H,20,21,22,23). The number of benzene rings is 1. The number of amides is 2. The number of aromatic nitrogens is 4. The van der Waals surface area contributed by atoms with Crippen LogP contribution in [0.3, 0.4) is 0 Å². The van der Waals surface area contributed by atoms with E-state index in [0.29, 0.717) is 17.9 Å². The molecule has 1 unspecified atom stereocenters. The topological polar surface area (TPSA) is 136 Å². The Morgan fingerprint density at radius 3 is 2.78 bits per heavy atom. The molecule has 2 heterocycles. The van der Waals surface area contributed by atoms with Gasteiger partial charge in [-0.15, -0.1) is 10.2 Å². The van der Waals surface area contributed by atoms with Gasteiger partial charge in [-0.05, 0) is 49.6 Å². The Balaban J connectivity index is 1.66. The molecule has 0 aliphatic carbocycles. The van der Waals surface area contributed by atoms with Crippen LogP contribution in [0.1, 0.15) is 23.4 Å². The van der Waals surface area contributed by atoms with Gasteiger partial charge in [-0.1, -0.05) is 11.3 Å². The van der Waals surface area contributed by atoms with Gasteiger partial charge < -0.3 is 20.6 Å². The molecule has 2 amide bonds. The average Bonchev–Trinajstić information content (AvgIpc) is 3.08. The smallest absolute Gasteiger partial charge is 0.405 e. The van der Waals surface area contributed by atoms with Crippen LogP contribution in [-0.2, 0) is 24.1 Å². The van der Waals surface area contributed by atoms with Crippen LogP contribution in [-0.4, -0.2) is 68.8 Å². The molecule has 0 saturated heterocycles. The minimum atomic E-state index is -1.26. The number of tetrazole rings is 1. The van der Waals surface area contributed by atoms with Crippen LogP contribution >= 0.6 is 0 Å². The molecule has 4 N–H and O–H groups in total. The van der Waals surface area contributed by atoms with Crippen molar-refractivity contribution in [2.45, 2.75) is 31.7 Å². The van der Waals surface area contributed by atoms with Crippen LogP contribution in [0.4, 0.5) is 10.5 Å². The van der Waals surface area contributed by atoms with Gasteiger partial charge in [0.1, 0.15) is 6.04 Å². The molecular formula is C17H23N7O3. The molecule has 10 nitrogen and oxygen atoms in total. The first kappa shape index (κ1) is 18.8. The van der Waals surface area contributed by atoms with E-state index in [0.717, 1.165) is 25.9 Å². The number of aryl methyl sites for hydroxylation is 1. The number of carbonyl (C=O) groups excluding carboxylic acids is 1. The molecule has 0 bridgehead atoms. The highest BCUT2D eigenvalue weighted by Gasteiger charge is 2.22. The van der Waals surface area contributed by atoms with Gasteiger partial charge in [0.25, 0.3) is 0 Å². The number of rotatable bonds is 6. The number of fused-ring (bicyclic) bond motifs is 1. The van der Waals surface area contributed by atoms with E-state index in [2.05, 4.69) is 43.2 Å². The molecule has 0 radical (unpaired) electrons. The highest BCUT2D eigenvalue weighted by molar-refractivity contribution is 5.96. The number of hydrogen-bond acceptors (Lipinski definition) is 6. The number of nitrogens with one attached hydrogen (secondary N) is 3. The molecule has 27 heavy (non-hydrogen) atoms. The van der Waals surface area contributed by atoms with Crippen molar-refractivity contribution in [1.29, 1.82) is 0 Å². The normalized spacial score (nSPS) is 15.4. The first-order chi connectivity index (χ1) is 13.0. The number of H-pyrrole nitrogens is 1. The van der Waals surface area contributed by atoms with E-state index in [9.17, 15) is 9.59 Å². The predicted octanol–water partition coefficient (Wildman–Crippen LogP) is 0.438. The van der Waals surface area contributed by atoms with Crippen molar-refractivity contribution in [3.63, 3.8) is 0 Å². The van der Waals surface area contributed by atoms with Crippen LogP contribution in [0.25, 0.3) is 0 Å². The maximum atomic E-state index is 12.6. The van der Waals surface area contributed by atoms with Gasteiger partial charge in [-0.25, -0.2) is 4.79 Å². The Morgan fingerprint density at radius 1 is 1.30 bits per heavy atom. The fraction of sp³-hybridized carbons (Fsp3) is 0.471. The summed E-state index contributed by atoms with van der Waals surface area (Å²) in [6.45, 7) is 1.98. The fourth-order valence-electron chi connectivity index (χ4n) is 3.12. The minimum absolute atomic E-state index is 0.230. The van der Waals surface area contributed by atoms with Crippen LogP contribution < -0.4 is 10.6 Å². The summed E-state index contributed by atoms with van der Waals surface area (Å²) in [5, 5.41) is 27.5. The number of anilines is 1. The summed E-state index contributed by atoms with van der Waals surface area (Å²) in [6, 6.07) is 4.96. The van der Waals surface area contributed by atoms with E-state index in [1.165, 1.54) is 11.1 Å². The summed E-state index contributed by atoms with van der Waals surface area (Å²) >= 11 is 0. The zero-order valence-corrected chi connectivity index (χ0v) is 15.1. The van der Waals surface area contributed by atoms with Crippen LogP contribution in [0, 0.1) is 0 Å². The Kier molecular flexibility index (Phi) is 5.97. The van der Waals surface area contributed by atoms with Crippen molar-refractivity contribution >= 4 is 17.7 Å². The number of aromatic amines is 1. The lowest BCUT2D eigenvalue weighted by Gasteiger charge is -2.17. The molecule has 1 aliphatic heterocycles. The molecular weight excluding hydrogens is 350 g/mol. The first-order valence-corrected chi connectivity index (χ1v) is 8.84. The number of hydrogen-bond donors (Lipinski definition) is 4. The number of carboxylic acid groups (broad SMARTS) is 1. The third-order valence-corrected chi connectivity index (χ3v) is 4.66. The summed E-state index contributed by atoms with van der Waals surface area (Å²) in [5.41, 5.74) is 3.17. The molecule has 144 valence electrons. The summed E-state index contributed by atoms with van der Waals surface area (Å²) in [7, 11) is 2.10. The number of carbonyl (C=O) groups is 2. The van der Waals surface area contributed by atoms with E-state index >= 15 is 0 Å². The Hall–Kier alpha value is -3.01. The lowest BCUT2D eigenvalue weighted by atomic mass is 10.0. The monoisotopic (exact) mass is 373 g/mol. The van der Waals surface area contributed by atoms with Crippen LogP contribution in [0.2, 0.25) is 0 Å². The lowest BCUT2D eigenvalue weighted by Crippen LogP contribution is -2.43. The summed E-state index contributed by atoms with van der Waals surface area (Å²) in [4.78, 5) is 25.9. The van der Waals surface area contributed by atoms with Gasteiger partial charge in [0.05, 0.1) is 0 Å². The van der Waals surface area contributed by atoms with Crippen molar-refractivity contribution in [3.05, 3.63) is 35.2 Å². The molecule has 0 saturated carbocycles. The average molecular weight is 373 g/mol. The molecule has 0 fully saturated rings. The summed E-state index contributed by atoms with van der Waals surface area (Å²) in [5.74, 6) is 0.0146. The lowest BCUT2D eigenvalue weighted by molar-refractivity contribution is -0.118. The van der Waals surface area contributed by atoms with Gasteiger partial charge in [0.2, 0.25) is 5.91 Å². The van der Waals surface area contributed by atoms with E-state index in [-0.39, 0.29) is 6.42 Å². The maximum Gasteiger partial charge on any atom is 0.405 e. The second-order valence-corrected chi connectivity index (χ2v) is 6.64. The van der Waals surface area contributed by atoms with Crippen molar-refractivity contribution in [2.24, 2.45) is 0 Å². The molecule has 1 atom stereocenters. The molecule has 1 aromatic heterocycles. The van der Waals surface area contributed by atoms with E-state index in [4.69, 9.17) is 5.11 Å². The molecule has 10 heteroatoms. The van der Waals surface area contributed by atoms with Crippen molar-refractivity contribution < 1.29 is 14.7 Å². The molecule has 1 aromatic carbocycles. The fourth-order valence-corrected chi connectivity index (χ4v) is 3.12. The second-order valence-electron chi connectivity index (χ2n) is 6.64. The van der Waals surface area contributed by atoms with Gasteiger partial charge in [-0.2, -0.15) is 5.21 Å². The van der Waals surface area contributed by atoms with Crippen LogP contribution in [0.5, 0.6) is 0 Å². The second kappa shape index (κ2) is 8.58. The molecule has 2 aromatic rings. The van der Waals surface area contributed by atoms with Crippen molar-refractivity contribution in [2.75, 3.05) is 25.5 Å². The molecule has 1 aliphatic rings. The Bertz CT molecular complexity index is 794. The van der Waals surface area contributed by atoms with E-state index in [1.54, 1.807) is 0 Å². The van der Waals surface area contributed by atoms with E-state index in [1.807, 2.05) is 18.2 Å². The number of likely N-dealkylation sites (N-methyl/N-ethyl adjacent to an activating group) is 1. The third kappa shape index (κ3) is 5.23. The Morgan fingerprint density at radius 2 is 2.07 bits per heavy atom. The Labute approximate surface area is 156 Å². The highest BCUT2D eigenvalue weighted by Crippen LogP contribution is 2.20. The quantitative estimate of drug-likeness (QED) is 0.577. The SMILES string of the molecule is CN1CCc2ccc(NC(=O)C(CCc3nn[nH]n3)NC(=O)O)cc2CC1. The van der Waals surface area contributed by atoms with Gasteiger partial charge in [0.15, 0.2) is 5.82 Å². The first-order valence-electron chi connectivity index (χ1n) is 8.84. The van der Waals surface area contributed by atoms with Gasteiger partial charge in [-0.3, -0.25) is 4.79 Å².